The van der Waals surface area contributed by atoms with E-state index < -0.39 is 16.0 Å². The largest absolute Gasteiger partial charge is 0.452 e. The molecule has 0 aliphatic carbocycles. The smallest absolute Gasteiger partial charge is 0.338 e. The first-order valence-corrected chi connectivity index (χ1v) is 12.8. The Kier molecular flexibility index (Phi) is 6.47. The zero-order chi connectivity index (χ0) is 23.8. The molecule has 2 aliphatic heterocycles. The van der Waals surface area contributed by atoms with E-state index in [0.29, 0.717) is 37.0 Å². The van der Waals surface area contributed by atoms with Crippen LogP contribution in [-0.2, 0) is 26.0 Å². The van der Waals surface area contributed by atoms with Crippen LogP contribution < -0.4 is 4.31 Å². The number of sulfonamides is 1. The van der Waals surface area contributed by atoms with Gasteiger partial charge in [0.15, 0.2) is 6.61 Å². The van der Waals surface area contributed by atoms with Crippen LogP contribution in [0.2, 0.25) is 0 Å². The van der Waals surface area contributed by atoms with Gasteiger partial charge in [0, 0.05) is 19.1 Å². The molecule has 2 aromatic rings. The van der Waals surface area contributed by atoms with Crippen LogP contribution >= 0.6 is 0 Å². The van der Waals surface area contributed by atoms with Gasteiger partial charge in [-0.1, -0.05) is 38.1 Å². The summed E-state index contributed by atoms with van der Waals surface area (Å²) in [6.45, 7) is 7.03. The summed E-state index contributed by atoms with van der Waals surface area (Å²) in [6, 6.07) is 13.0. The van der Waals surface area contributed by atoms with E-state index in [1.807, 2.05) is 25.1 Å². The molecule has 3 unspecified atom stereocenters. The molecule has 0 aromatic heterocycles. The van der Waals surface area contributed by atoms with Crippen molar-refractivity contribution in [2.75, 3.05) is 24.0 Å². The first kappa shape index (κ1) is 23.3. The number of hydrogen-bond donors (Lipinski definition) is 0. The summed E-state index contributed by atoms with van der Waals surface area (Å²) in [4.78, 5) is 26.9. The molecule has 1 saturated heterocycles. The maximum Gasteiger partial charge on any atom is 0.338 e. The van der Waals surface area contributed by atoms with Crippen molar-refractivity contribution in [3.05, 3.63) is 59.7 Å². The van der Waals surface area contributed by atoms with E-state index in [9.17, 15) is 18.0 Å². The Hall–Kier alpha value is -2.87. The Balaban J connectivity index is 1.47. The number of likely N-dealkylation sites (tertiary alicyclic amines) is 1. The van der Waals surface area contributed by atoms with Gasteiger partial charge in [-0.05, 0) is 61.4 Å². The van der Waals surface area contributed by atoms with Crippen LogP contribution in [0.4, 0.5) is 5.69 Å². The van der Waals surface area contributed by atoms with Gasteiger partial charge in [-0.3, -0.25) is 9.10 Å². The number of anilines is 1. The van der Waals surface area contributed by atoms with Crippen molar-refractivity contribution in [1.29, 1.82) is 0 Å². The fourth-order valence-electron chi connectivity index (χ4n) is 4.97. The van der Waals surface area contributed by atoms with Crippen LogP contribution in [0.1, 0.15) is 43.1 Å². The van der Waals surface area contributed by atoms with Gasteiger partial charge in [0.25, 0.3) is 15.9 Å². The predicted octanol–water partition coefficient (Wildman–Crippen LogP) is 3.49. The first-order valence-electron chi connectivity index (χ1n) is 11.3. The Labute approximate surface area is 195 Å². The van der Waals surface area contributed by atoms with Crippen LogP contribution in [0, 0.1) is 11.8 Å². The monoisotopic (exact) mass is 470 g/mol. The normalized spacial score (nSPS) is 22.7. The zero-order valence-corrected chi connectivity index (χ0v) is 20.0. The maximum atomic E-state index is 13.4. The summed E-state index contributed by atoms with van der Waals surface area (Å²) < 4.78 is 33.5. The lowest BCUT2D eigenvalue weighted by Gasteiger charge is -2.34. The van der Waals surface area contributed by atoms with Gasteiger partial charge in [0.05, 0.1) is 16.1 Å². The van der Waals surface area contributed by atoms with Crippen molar-refractivity contribution in [2.45, 2.75) is 44.6 Å². The molecule has 0 radical (unpaired) electrons. The second-order valence-corrected chi connectivity index (χ2v) is 11.1. The van der Waals surface area contributed by atoms with Crippen LogP contribution in [0.5, 0.6) is 0 Å². The summed E-state index contributed by atoms with van der Waals surface area (Å²) in [5.41, 5.74) is 1.74. The van der Waals surface area contributed by atoms with E-state index in [1.54, 1.807) is 11.0 Å². The minimum atomic E-state index is -3.87. The van der Waals surface area contributed by atoms with Crippen molar-refractivity contribution >= 4 is 27.6 Å². The van der Waals surface area contributed by atoms with Gasteiger partial charge >= 0.3 is 5.97 Å². The third-order valence-corrected chi connectivity index (χ3v) is 8.24. The molecule has 8 heteroatoms. The Bertz CT molecular complexity index is 1150. The zero-order valence-electron chi connectivity index (χ0n) is 19.2. The van der Waals surface area contributed by atoms with Crippen LogP contribution in [-0.4, -0.2) is 50.9 Å². The Morgan fingerprint density at radius 2 is 1.70 bits per heavy atom. The summed E-state index contributed by atoms with van der Waals surface area (Å²) in [6.07, 6.45) is 1.71. The standard InChI is InChI=1S/C25H30N2O5S/c1-17-11-18(2)15-26(14-17)24(28)16-32-25(29)21-8-6-9-22(13-21)33(30,31)27-19(3)12-20-7-4-5-10-23(20)27/h4-10,13,17-19H,11-12,14-16H2,1-3H3. The second kappa shape index (κ2) is 9.17. The number of para-hydroxylation sites is 1. The molecular formula is C25H30N2O5S. The lowest BCUT2D eigenvalue weighted by atomic mass is 9.92. The minimum absolute atomic E-state index is 0.0190. The van der Waals surface area contributed by atoms with E-state index in [1.165, 1.54) is 28.6 Å². The van der Waals surface area contributed by atoms with Gasteiger partial charge in [0.1, 0.15) is 0 Å². The average Bonchev–Trinajstić information content (AvgIpc) is 3.13. The van der Waals surface area contributed by atoms with Gasteiger partial charge in [-0.15, -0.1) is 0 Å². The number of carbonyl (C=O) groups is 2. The lowest BCUT2D eigenvalue weighted by Crippen LogP contribution is -2.44. The van der Waals surface area contributed by atoms with E-state index in [4.69, 9.17) is 4.74 Å². The van der Waals surface area contributed by atoms with E-state index in [-0.39, 0.29) is 29.0 Å². The average molecular weight is 471 g/mol. The molecule has 0 N–H and O–H groups in total. The molecule has 3 atom stereocenters. The summed E-state index contributed by atoms with van der Waals surface area (Å²) in [7, 11) is -3.87. The van der Waals surface area contributed by atoms with Crippen molar-refractivity contribution in [3.63, 3.8) is 0 Å². The van der Waals surface area contributed by atoms with Crippen LogP contribution in [0.25, 0.3) is 0 Å². The molecule has 1 fully saturated rings. The van der Waals surface area contributed by atoms with Gasteiger partial charge in [-0.25, -0.2) is 13.2 Å². The molecule has 2 heterocycles. The summed E-state index contributed by atoms with van der Waals surface area (Å²) >= 11 is 0. The number of nitrogens with zero attached hydrogens (tertiary/aromatic N) is 2. The van der Waals surface area contributed by atoms with Crippen molar-refractivity contribution < 1.29 is 22.7 Å². The second-order valence-electron chi connectivity index (χ2n) is 9.33. The highest BCUT2D eigenvalue weighted by atomic mass is 32.2. The summed E-state index contributed by atoms with van der Waals surface area (Å²) in [5, 5.41) is 0. The molecule has 176 valence electrons. The number of benzene rings is 2. The van der Waals surface area contributed by atoms with E-state index in [2.05, 4.69) is 13.8 Å². The molecule has 0 saturated carbocycles. The topological polar surface area (TPSA) is 84.0 Å². The minimum Gasteiger partial charge on any atom is -0.452 e. The number of amides is 1. The molecule has 1 amide bonds. The highest BCUT2D eigenvalue weighted by molar-refractivity contribution is 7.92. The number of hydrogen-bond acceptors (Lipinski definition) is 5. The molecule has 0 spiro atoms. The first-order chi connectivity index (χ1) is 15.7. The highest BCUT2D eigenvalue weighted by Gasteiger charge is 2.36. The fraction of sp³-hybridized carbons (Fsp3) is 0.440. The van der Waals surface area contributed by atoms with Crippen LogP contribution in [0.15, 0.2) is 53.4 Å². The predicted molar refractivity (Wildman–Crippen MR) is 126 cm³/mol. The lowest BCUT2D eigenvalue weighted by molar-refractivity contribution is -0.137. The van der Waals surface area contributed by atoms with Crippen molar-refractivity contribution in [1.82, 2.24) is 4.90 Å². The van der Waals surface area contributed by atoms with Gasteiger partial charge in [-0.2, -0.15) is 0 Å². The molecule has 33 heavy (non-hydrogen) atoms. The molecule has 2 aromatic carbocycles. The molecule has 2 aliphatic rings. The fourth-order valence-corrected chi connectivity index (χ4v) is 6.71. The number of esters is 1. The van der Waals surface area contributed by atoms with E-state index in [0.717, 1.165) is 12.0 Å². The molecular weight excluding hydrogens is 440 g/mol. The molecule has 0 bridgehead atoms. The number of fused-ring (bicyclic) bond motifs is 1. The third-order valence-electron chi connectivity index (χ3n) is 6.32. The maximum absolute atomic E-state index is 13.4. The Morgan fingerprint density at radius 3 is 2.42 bits per heavy atom. The quantitative estimate of drug-likeness (QED) is 0.625. The van der Waals surface area contributed by atoms with Crippen molar-refractivity contribution in [2.24, 2.45) is 11.8 Å². The van der Waals surface area contributed by atoms with Gasteiger partial charge in [0.2, 0.25) is 0 Å². The number of piperidine rings is 1. The van der Waals surface area contributed by atoms with E-state index >= 15 is 0 Å². The summed E-state index contributed by atoms with van der Waals surface area (Å²) in [5.74, 6) is -0.122. The van der Waals surface area contributed by atoms with Crippen molar-refractivity contribution in [3.8, 4) is 0 Å². The molecule has 4 rings (SSSR count). The van der Waals surface area contributed by atoms with Crippen LogP contribution in [0.3, 0.4) is 0 Å². The highest BCUT2D eigenvalue weighted by Crippen LogP contribution is 2.36. The number of ether oxygens (including phenoxy) is 1. The number of rotatable bonds is 5. The van der Waals surface area contributed by atoms with Gasteiger partial charge < -0.3 is 9.64 Å². The third kappa shape index (κ3) is 4.76. The molecule has 7 nitrogen and oxygen atoms in total. The number of carbonyl (C=O) groups excluding carboxylic acids is 2. The Morgan fingerprint density at radius 1 is 1.00 bits per heavy atom. The SMILES string of the molecule is CC1CC(C)CN(C(=O)COC(=O)c2cccc(S(=O)(=O)N3c4ccccc4CC3C)c2)C1.